The van der Waals surface area contributed by atoms with E-state index in [0.717, 1.165) is 37.2 Å². The predicted molar refractivity (Wildman–Crippen MR) is 238 cm³/mol. The van der Waals surface area contributed by atoms with E-state index in [-0.39, 0.29) is 58.1 Å². The summed E-state index contributed by atoms with van der Waals surface area (Å²) in [6.07, 6.45) is 4.36. The number of hydrogen-bond donors (Lipinski definition) is 3. The quantitative estimate of drug-likeness (QED) is 0.0828. The molecule has 3 N–H and O–H groups in total. The van der Waals surface area contributed by atoms with Gasteiger partial charge >= 0.3 is 0 Å². The molecule has 3 aromatic carbocycles. The largest absolute Gasteiger partial charge is 0.489 e. The van der Waals surface area contributed by atoms with E-state index < -0.39 is 26.9 Å². The Labute approximate surface area is 367 Å². The smallest absolute Gasteiger partial charge is 0.254 e. The fourth-order valence-corrected chi connectivity index (χ4v) is 9.86. The summed E-state index contributed by atoms with van der Waals surface area (Å²) in [5, 5.41) is 9.07. The van der Waals surface area contributed by atoms with E-state index in [1.165, 1.54) is 6.20 Å². The molecule has 0 radical (unpaired) electrons. The molecule has 62 heavy (non-hydrogen) atoms. The number of rotatable bonds is 15. The lowest BCUT2D eigenvalue weighted by Gasteiger charge is -2.38. The Morgan fingerprint density at radius 2 is 1.81 bits per heavy atom. The maximum Gasteiger partial charge on any atom is 0.254 e. The third-order valence-corrected chi connectivity index (χ3v) is 14.5. The highest BCUT2D eigenvalue weighted by Gasteiger charge is 2.38. The van der Waals surface area contributed by atoms with Gasteiger partial charge in [-0.1, -0.05) is 29.8 Å². The monoisotopic (exact) mass is 888 g/mol. The number of carbonyl (C=O) groups is 3. The number of Topliss-reactive ketones (excluding diaryl/α,β-unsaturated/α-hetero) is 1. The summed E-state index contributed by atoms with van der Waals surface area (Å²) in [5.41, 5.74) is 4.40. The van der Waals surface area contributed by atoms with Crippen LogP contribution in [0.4, 0.5) is 33.2 Å². The minimum absolute atomic E-state index is 0.132. The van der Waals surface area contributed by atoms with Crippen LogP contribution in [0.1, 0.15) is 80.4 Å². The number of fused-ring (bicyclic) bond motifs is 1. The molecule has 3 aliphatic heterocycles. The zero-order valence-electron chi connectivity index (χ0n) is 35.9. The van der Waals surface area contributed by atoms with E-state index in [4.69, 9.17) is 16.3 Å². The van der Waals surface area contributed by atoms with Crippen LogP contribution >= 0.6 is 11.6 Å². The molecule has 17 heteroatoms. The Morgan fingerprint density at radius 1 is 1.06 bits per heavy atom. The predicted octanol–water partition coefficient (Wildman–Crippen LogP) is 6.98. The fraction of sp³-hybridized carbons (Fsp3) is 0.444. The number of nitrogens with zero attached hydrogens (tertiary/aromatic N) is 5. The molecule has 4 aromatic rings. The Bertz CT molecular complexity index is 2450. The van der Waals surface area contributed by atoms with Crippen LogP contribution in [0.2, 0.25) is 5.02 Å². The SMILES string of the molecule is Cc1cc(Nc2ncc(Cl)c(Nc3ccccc3S(=O)(=O)C(C)C)n2)c(OC(C)C)cc1N1CCC(N(C)Cc2ccc3c(c2F)CN(C2CCC(C(=O)C=O)NC2)C3=O)CC1. The lowest BCUT2D eigenvalue weighted by atomic mass is 9.97. The number of amides is 1. The van der Waals surface area contributed by atoms with E-state index in [1.807, 2.05) is 40.0 Å². The Morgan fingerprint density at radius 3 is 2.48 bits per heavy atom. The molecule has 3 aliphatic rings. The number of benzene rings is 3. The minimum Gasteiger partial charge on any atom is -0.489 e. The second-order valence-corrected chi connectivity index (χ2v) is 19.8. The zero-order valence-corrected chi connectivity index (χ0v) is 37.4. The minimum atomic E-state index is -3.59. The van der Waals surface area contributed by atoms with Gasteiger partial charge in [0.05, 0.1) is 46.4 Å². The van der Waals surface area contributed by atoms with Crippen LogP contribution in [-0.4, -0.2) is 102 Å². The summed E-state index contributed by atoms with van der Waals surface area (Å²) in [4.78, 5) is 51.5. The Balaban J connectivity index is 1.00. The molecule has 1 aromatic heterocycles. The first-order valence-corrected chi connectivity index (χ1v) is 23.0. The number of aromatic nitrogens is 2. The highest BCUT2D eigenvalue weighted by Crippen LogP contribution is 2.38. The number of anilines is 5. The van der Waals surface area contributed by atoms with Gasteiger partial charge in [-0.15, -0.1) is 0 Å². The van der Waals surface area contributed by atoms with Crippen molar-refractivity contribution >= 4 is 68.2 Å². The van der Waals surface area contributed by atoms with Gasteiger partial charge in [-0.3, -0.25) is 19.3 Å². The van der Waals surface area contributed by atoms with Crippen LogP contribution in [-0.2, 0) is 32.5 Å². The van der Waals surface area contributed by atoms with Crippen molar-refractivity contribution in [3.05, 3.63) is 87.8 Å². The number of aldehydes is 1. The topological polar surface area (TPSA) is 166 Å². The van der Waals surface area contributed by atoms with Crippen LogP contribution in [0, 0.1) is 12.7 Å². The van der Waals surface area contributed by atoms with Crippen molar-refractivity contribution in [1.29, 1.82) is 0 Å². The van der Waals surface area contributed by atoms with Crippen LogP contribution in [0.3, 0.4) is 0 Å². The molecule has 1 amide bonds. The molecular formula is C45H54ClFN8O6S. The number of ether oxygens (including phenoxy) is 1. The van der Waals surface area contributed by atoms with Gasteiger partial charge in [0.15, 0.2) is 21.9 Å². The van der Waals surface area contributed by atoms with Crippen molar-refractivity contribution in [1.82, 2.24) is 25.1 Å². The van der Waals surface area contributed by atoms with Gasteiger partial charge in [-0.2, -0.15) is 4.98 Å². The van der Waals surface area contributed by atoms with Gasteiger partial charge in [0.25, 0.3) is 5.91 Å². The number of hydrogen-bond acceptors (Lipinski definition) is 13. The van der Waals surface area contributed by atoms with Gasteiger partial charge in [-0.05, 0) is 97.2 Å². The van der Waals surface area contributed by atoms with Crippen LogP contribution in [0.15, 0.2) is 59.6 Å². The molecule has 0 saturated carbocycles. The second-order valence-electron chi connectivity index (χ2n) is 16.9. The molecule has 0 spiro atoms. The van der Waals surface area contributed by atoms with E-state index in [1.54, 1.807) is 55.1 Å². The van der Waals surface area contributed by atoms with E-state index >= 15 is 4.39 Å². The van der Waals surface area contributed by atoms with Crippen LogP contribution in [0.25, 0.3) is 0 Å². The second kappa shape index (κ2) is 18.7. The molecule has 0 aliphatic carbocycles. The van der Waals surface area contributed by atoms with Gasteiger partial charge in [0.1, 0.15) is 16.6 Å². The number of nitrogens with one attached hydrogen (secondary N) is 3. The normalized spacial score (nSPS) is 18.4. The summed E-state index contributed by atoms with van der Waals surface area (Å²) in [6.45, 7) is 11.7. The van der Waals surface area contributed by atoms with Gasteiger partial charge in [0, 0.05) is 66.7 Å². The molecule has 2 saturated heterocycles. The maximum absolute atomic E-state index is 16.1. The average Bonchev–Trinajstić information content (AvgIpc) is 3.59. The molecular weight excluding hydrogens is 835 g/mol. The molecule has 0 bridgehead atoms. The van der Waals surface area contributed by atoms with Crippen LogP contribution in [0.5, 0.6) is 5.75 Å². The van der Waals surface area contributed by atoms with Crippen molar-refractivity contribution < 1.29 is 31.9 Å². The van der Waals surface area contributed by atoms with Gasteiger partial charge in [-0.25, -0.2) is 17.8 Å². The van der Waals surface area contributed by atoms with E-state index in [2.05, 4.69) is 35.7 Å². The highest BCUT2D eigenvalue weighted by atomic mass is 35.5. The number of carbonyl (C=O) groups excluding carboxylic acids is 3. The lowest BCUT2D eigenvalue weighted by Crippen LogP contribution is -2.52. The summed E-state index contributed by atoms with van der Waals surface area (Å²) in [6, 6.07) is 13.6. The fourth-order valence-electron chi connectivity index (χ4n) is 8.52. The van der Waals surface area contributed by atoms with Gasteiger partial charge in [0.2, 0.25) is 11.7 Å². The van der Waals surface area contributed by atoms with E-state index in [0.29, 0.717) is 66.0 Å². The first-order valence-electron chi connectivity index (χ1n) is 21.0. The van der Waals surface area contributed by atoms with Gasteiger partial charge < -0.3 is 30.5 Å². The number of halogens is 2. The number of aryl methyl sites for hydroxylation is 1. The van der Waals surface area contributed by atoms with Crippen molar-refractivity contribution in [2.45, 2.75) is 108 Å². The molecule has 4 heterocycles. The summed E-state index contributed by atoms with van der Waals surface area (Å²) in [7, 11) is -1.58. The standard InChI is InChI=1S/C45H54ClFN8O6S/c1-26(2)61-40-20-38(28(5)19-37(40)51-45-49-22-34(46)43(52-45)50-36-9-7-8-10-41(36)62(59,60)27(3)4)54-17-15-30(16-18-54)53(6)23-29-11-13-32-33(42(29)47)24-55(44(32)58)31-12-14-35(48-21-31)39(57)25-56/h7-11,13,19-20,22,25-27,30-31,35,48H,12,14-18,21,23-24H2,1-6H3,(H2,49,50,51,52). The number of para-hydroxylation sites is 1. The molecule has 7 rings (SSSR count). The Kier molecular flexibility index (Phi) is 13.5. The third-order valence-electron chi connectivity index (χ3n) is 12.0. The number of ketones is 1. The summed E-state index contributed by atoms with van der Waals surface area (Å²) < 4.78 is 48.6. The molecule has 2 atom stereocenters. The number of piperidine rings is 2. The first kappa shape index (κ1) is 44.9. The van der Waals surface area contributed by atoms with Crippen molar-refractivity contribution in [2.75, 3.05) is 42.2 Å². The third kappa shape index (κ3) is 9.43. The zero-order chi connectivity index (χ0) is 44.5. The molecule has 330 valence electrons. The highest BCUT2D eigenvalue weighted by molar-refractivity contribution is 7.92. The molecule has 14 nitrogen and oxygen atoms in total. The summed E-state index contributed by atoms with van der Waals surface area (Å²) >= 11 is 6.51. The first-order chi connectivity index (χ1) is 29.5. The lowest BCUT2D eigenvalue weighted by molar-refractivity contribution is -0.131. The summed E-state index contributed by atoms with van der Waals surface area (Å²) in [5.74, 6) is 0.0410. The van der Waals surface area contributed by atoms with Crippen molar-refractivity contribution in [3.8, 4) is 5.75 Å². The Hall–Kier alpha value is -5.16. The number of sulfone groups is 1. The van der Waals surface area contributed by atoms with E-state index in [9.17, 15) is 22.8 Å². The maximum atomic E-state index is 16.1. The average molecular weight is 889 g/mol. The van der Waals surface area contributed by atoms with Crippen molar-refractivity contribution in [2.24, 2.45) is 0 Å². The van der Waals surface area contributed by atoms with Crippen LogP contribution < -0.4 is 25.6 Å². The van der Waals surface area contributed by atoms with Crippen molar-refractivity contribution in [3.63, 3.8) is 0 Å². The molecule has 2 unspecified atom stereocenters. The molecule has 2 fully saturated rings.